The Bertz CT molecular complexity index is 149. The van der Waals surface area contributed by atoms with Crippen molar-refractivity contribution >= 4 is 6.29 Å². The second-order valence-corrected chi connectivity index (χ2v) is 4.15. The van der Waals surface area contributed by atoms with Gasteiger partial charge in [-0.1, -0.05) is 26.8 Å². The highest BCUT2D eigenvalue weighted by molar-refractivity contribution is 5.54. The summed E-state index contributed by atoms with van der Waals surface area (Å²) in [6, 6.07) is 0. The standard InChI is InChI=1S/C12H22O/c1-5-6-7-8-11(4)12(9-13)10(2)3/h5,9-12H,1,6-8H2,2-4H3. The van der Waals surface area contributed by atoms with Crippen molar-refractivity contribution in [2.45, 2.75) is 40.0 Å². The van der Waals surface area contributed by atoms with Crippen LogP contribution in [0.5, 0.6) is 0 Å². The number of unbranched alkanes of at least 4 members (excludes halogenated alkanes) is 1. The van der Waals surface area contributed by atoms with Crippen LogP contribution in [0.2, 0.25) is 0 Å². The molecule has 0 bridgehead atoms. The zero-order valence-electron chi connectivity index (χ0n) is 9.12. The van der Waals surface area contributed by atoms with E-state index in [-0.39, 0.29) is 5.92 Å². The summed E-state index contributed by atoms with van der Waals surface area (Å²) in [6.45, 7) is 10.1. The van der Waals surface area contributed by atoms with Gasteiger partial charge < -0.3 is 4.79 Å². The molecule has 2 unspecified atom stereocenters. The lowest BCUT2D eigenvalue weighted by Gasteiger charge is -2.21. The second kappa shape index (κ2) is 6.88. The molecule has 2 atom stereocenters. The Kier molecular flexibility index (Phi) is 6.56. The number of carbonyl (C=O) groups excluding carboxylic acids is 1. The first-order valence-corrected chi connectivity index (χ1v) is 5.19. The first-order chi connectivity index (χ1) is 6.13. The van der Waals surface area contributed by atoms with Gasteiger partial charge in [0.1, 0.15) is 6.29 Å². The summed E-state index contributed by atoms with van der Waals surface area (Å²) in [4.78, 5) is 10.8. The first kappa shape index (κ1) is 12.4. The minimum atomic E-state index is 0.227. The topological polar surface area (TPSA) is 17.1 Å². The van der Waals surface area contributed by atoms with Gasteiger partial charge in [-0.25, -0.2) is 0 Å². The number of rotatable bonds is 7. The number of aldehydes is 1. The maximum absolute atomic E-state index is 10.8. The lowest BCUT2D eigenvalue weighted by atomic mass is 9.83. The second-order valence-electron chi connectivity index (χ2n) is 4.15. The Labute approximate surface area is 82.2 Å². The van der Waals surface area contributed by atoms with Gasteiger partial charge in [0, 0.05) is 5.92 Å². The Hall–Kier alpha value is -0.590. The molecule has 0 aromatic rings. The van der Waals surface area contributed by atoms with Crippen molar-refractivity contribution in [3.63, 3.8) is 0 Å². The Balaban J connectivity index is 3.83. The van der Waals surface area contributed by atoms with Gasteiger partial charge >= 0.3 is 0 Å². The molecule has 0 radical (unpaired) electrons. The summed E-state index contributed by atoms with van der Waals surface area (Å²) in [7, 11) is 0. The molecule has 0 aromatic carbocycles. The lowest BCUT2D eigenvalue weighted by molar-refractivity contribution is -0.113. The molecule has 0 aliphatic carbocycles. The van der Waals surface area contributed by atoms with E-state index in [1.54, 1.807) is 0 Å². The zero-order chi connectivity index (χ0) is 10.3. The van der Waals surface area contributed by atoms with E-state index in [1.165, 1.54) is 0 Å². The molecule has 1 heteroatoms. The molecule has 0 spiro atoms. The van der Waals surface area contributed by atoms with E-state index in [0.717, 1.165) is 25.5 Å². The average Bonchev–Trinajstić information content (AvgIpc) is 2.05. The summed E-state index contributed by atoms with van der Waals surface area (Å²) in [6.07, 6.45) is 6.41. The Morgan fingerprint density at radius 3 is 2.31 bits per heavy atom. The predicted octanol–water partition coefficient (Wildman–Crippen LogP) is 3.45. The normalized spacial score (nSPS) is 15.4. The Morgan fingerprint density at radius 2 is 1.92 bits per heavy atom. The summed E-state index contributed by atoms with van der Waals surface area (Å²) >= 11 is 0. The number of hydrogen-bond donors (Lipinski definition) is 0. The van der Waals surface area contributed by atoms with Crippen LogP contribution in [-0.2, 0) is 4.79 Å². The molecule has 13 heavy (non-hydrogen) atoms. The van der Waals surface area contributed by atoms with Gasteiger partial charge in [0.25, 0.3) is 0 Å². The van der Waals surface area contributed by atoms with Crippen LogP contribution < -0.4 is 0 Å². The third kappa shape index (κ3) is 4.87. The van der Waals surface area contributed by atoms with E-state index in [4.69, 9.17) is 0 Å². The van der Waals surface area contributed by atoms with Gasteiger partial charge in [-0.15, -0.1) is 6.58 Å². The molecule has 0 heterocycles. The molecule has 0 amide bonds. The third-order valence-electron chi connectivity index (χ3n) is 2.65. The molecular weight excluding hydrogens is 160 g/mol. The summed E-state index contributed by atoms with van der Waals surface area (Å²) in [5, 5.41) is 0. The van der Waals surface area contributed by atoms with E-state index in [1.807, 2.05) is 6.08 Å². The Morgan fingerprint density at radius 1 is 1.31 bits per heavy atom. The lowest BCUT2D eigenvalue weighted by Crippen LogP contribution is -2.19. The monoisotopic (exact) mass is 182 g/mol. The van der Waals surface area contributed by atoms with E-state index < -0.39 is 0 Å². The van der Waals surface area contributed by atoms with Crippen molar-refractivity contribution in [1.29, 1.82) is 0 Å². The molecule has 0 saturated carbocycles. The molecule has 0 saturated heterocycles. The number of hydrogen-bond acceptors (Lipinski definition) is 1. The van der Waals surface area contributed by atoms with Gasteiger partial charge in [-0.05, 0) is 31.1 Å². The largest absolute Gasteiger partial charge is 0.303 e. The van der Waals surface area contributed by atoms with E-state index in [9.17, 15) is 4.79 Å². The van der Waals surface area contributed by atoms with Crippen LogP contribution in [0.4, 0.5) is 0 Å². The quantitative estimate of drug-likeness (QED) is 0.335. The summed E-state index contributed by atoms with van der Waals surface area (Å²) in [5.74, 6) is 1.21. The maximum Gasteiger partial charge on any atom is 0.123 e. The molecule has 0 N–H and O–H groups in total. The van der Waals surface area contributed by atoms with Gasteiger partial charge in [0.05, 0.1) is 0 Å². The molecule has 76 valence electrons. The predicted molar refractivity (Wildman–Crippen MR) is 57.6 cm³/mol. The van der Waals surface area contributed by atoms with Crippen LogP contribution in [-0.4, -0.2) is 6.29 Å². The molecule has 1 nitrogen and oxygen atoms in total. The highest BCUT2D eigenvalue weighted by Crippen LogP contribution is 2.23. The average molecular weight is 182 g/mol. The fraction of sp³-hybridized carbons (Fsp3) is 0.750. The summed E-state index contributed by atoms with van der Waals surface area (Å²) in [5.41, 5.74) is 0. The van der Waals surface area contributed by atoms with Crippen molar-refractivity contribution in [3.05, 3.63) is 12.7 Å². The molecular formula is C12H22O. The van der Waals surface area contributed by atoms with Crippen molar-refractivity contribution in [2.75, 3.05) is 0 Å². The highest BCUT2D eigenvalue weighted by Gasteiger charge is 2.19. The first-order valence-electron chi connectivity index (χ1n) is 5.19. The zero-order valence-corrected chi connectivity index (χ0v) is 9.12. The van der Waals surface area contributed by atoms with E-state index >= 15 is 0 Å². The van der Waals surface area contributed by atoms with Crippen molar-refractivity contribution in [1.82, 2.24) is 0 Å². The highest BCUT2D eigenvalue weighted by atomic mass is 16.1. The van der Waals surface area contributed by atoms with Gasteiger partial charge in [0.15, 0.2) is 0 Å². The summed E-state index contributed by atoms with van der Waals surface area (Å²) < 4.78 is 0. The molecule has 0 aliphatic heterocycles. The van der Waals surface area contributed by atoms with E-state index in [2.05, 4.69) is 27.4 Å². The van der Waals surface area contributed by atoms with Crippen molar-refractivity contribution < 1.29 is 4.79 Å². The van der Waals surface area contributed by atoms with Crippen LogP contribution in [0.25, 0.3) is 0 Å². The van der Waals surface area contributed by atoms with Gasteiger partial charge in [0.2, 0.25) is 0 Å². The smallest absolute Gasteiger partial charge is 0.123 e. The van der Waals surface area contributed by atoms with Crippen LogP contribution in [0, 0.1) is 17.8 Å². The number of allylic oxidation sites excluding steroid dienone is 1. The van der Waals surface area contributed by atoms with Crippen molar-refractivity contribution in [3.8, 4) is 0 Å². The minimum Gasteiger partial charge on any atom is -0.303 e. The van der Waals surface area contributed by atoms with Crippen LogP contribution in [0.1, 0.15) is 40.0 Å². The third-order valence-corrected chi connectivity index (χ3v) is 2.65. The minimum absolute atomic E-state index is 0.227. The fourth-order valence-corrected chi connectivity index (χ4v) is 1.72. The fourth-order valence-electron chi connectivity index (χ4n) is 1.72. The molecule has 0 fully saturated rings. The SMILES string of the molecule is C=CCCCC(C)C(C=O)C(C)C. The molecule has 0 aromatic heterocycles. The maximum atomic E-state index is 10.8. The van der Waals surface area contributed by atoms with E-state index in [0.29, 0.717) is 11.8 Å². The number of carbonyl (C=O) groups is 1. The molecule has 0 aliphatic rings. The van der Waals surface area contributed by atoms with Crippen molar-refractivity contribution in [2.24, 2.45) is 17.8 Å². The van der Waals surface area contributed by atoms with Gasteiger partial charge in [-0.3, -0.25) is 0 Å². The van der Waals surface area contributed by atoms with Crippen LogP contribution in [0.15, 0.2) is 12.7 Å². The van der Waals surface area contributed by atoms with Crippen LogP contribution >= 0.6 is 0 Å². The molecule has 0 rings (SSSR count). The van der Waals surface area contributed by atoms with Crippen LogP contribution in [0.3, 0.4) is 0 Å². The van der Waals surface area contributed by atoms with Gasteiger partial charge in [-0.2, -0.15) is 0 Å².